The van der Waals surface area contributed by atoms with E-state index in [2.05, 4.69) is 20.6 Å². The summed E-state index contributed by atoms with van der Waals surface area (Å²) in [6.45, 7) is 6.28. The molecule has 3 rings (SSSR count). The van der Waals surface area contributed by atoms with Gasteiger partial charge in [-0.3, -0.25) is 9.78 Å². The lowest BCUT2D eigenvalue weighted by Gasteiger charge is -2.26. The second-order valence-corrected chi connectivity index (χ2v) is 6.53. The summed E-state index contributed by atoms with van der Waals surface area (Å²) < 4.78 is 1.67. The number of hydrogen-bond acceptors (Lipinski definition) is 5. The lowest BCUT2D eigenvalue weighted by atomic mass is 9.94. The minimum Gasteiger partial charge on any atom is -0.349 e. The highest BCUT2D eigenvalue weighted by Gasteiger charge is 2.24. The Morgan fingerprint density at radius 3 is 2.57 bits per heavy atom. The highest BCUT2D eigenvalue weighted by molar-refractivity contribution is 5.94. The maximum absolute atomic E-state index is 12.6. The molecule has 0 atom stereocenters. The molecule has 9 heteroatoms. The number of aromatic nitrogens is 4. The van der Waals surface area contributed by atoms with Gasteiger partial charge in [-0.1, -0.05) is 25.1 Å². The van der Waals surface area contributed by atoms with Crippen molar-refractivity contribution in [3.8, 4) is 5.69 Å². The standard InChI is InChI=1S/C19H24N6O.2ClH/c1-4-19(20,5-2)12-22-18(26)17-13(3)25(24-23-17)16-10-6-9-15-14(16)8-7-11-21-15;;/h6-11H,4-5,12,20H2,1-3H3,(H,22,26);2*1H. The molecule has 3 aromatic rings. The van der Waals surface area contributed by atoms with Crippen LogP contribution < -0.4 is 11.1 Å². The first-order valence-electron chi connectivity index (χ1n) is 8.82. The van der Waals surface area contributed by atoms with E-state index in [0.29, 0.717) is 17.9 Å². The van der Waals surface area contributed by atoms with Gasteiger partial charge in [0.15, 0.2) is 5.69 Å². The van der Waals surface area contributed by atoms with E-state index in [1.165, 1.54) is 0 Å². The van der Waals surface area contributed by atoms with Crippen LogP contribution in [0.15, 0.2) is 36.5 Å². The van der Waals surface area contributed by atoms with Crippen LogP contribution in [0.2, 0.25) is 0 Å². The van der Waals surface area contributed by atoms with Crippen molar-refractivity contribution in [3.05, 3.63) is 47.9 Å². The molecular formula is C19H26Cl2N6O. The van der Waals surface area contributed by atoms with Crippen molar-refractivity contribution in [1.82, 2.24) is 25.3 Å². The maximum atomic E-state index is 12.6. The number of benzene rings is 1. The van der Waals surface area contributed by atoms with E-state index in [1.54, 1.807) is 10.9 Å². The molecule has 0 bridgehead atoms. The number of carbonyl (C=O) groups is 1. The Bertz CT molecular complexity index is 934. The molecule has 0 aliphatic carbocycles. The molecule has 1 aromatic carbocycles. The number of rotatable bonds is 6. The number of carbonyl (C=O) groups excluding carboxylic acids is 1. The third-order valence-electron chi connectivity index (χ3n) is 4.97. The zero-order chi connectivity index (χ0) is 18.7. The fourth-order valence-electron chi connectivity index (χ4n) is 2.88. The summed E-state index contributed by atoms with van der Waals surface area (Å²) in [5.41, 5.74) is 8.54. The molecule has 0 aliphatic heterocycles. The summed E-state index contributed by atoms with van der Waals surface area (Å²) in [6.07, 6.45) is 3.33. The average molecular weight is 425 g/mol. The first-order valence-corrected chi connectivity index (χ1v) is 8.82. The van der Waals surface area contributed by atoms with Crippen molar-refractivity contribution < 1.29 is 4.79 Å². The summed E-state index contributed by atoms with van der Waals surface area (Å²) >= 11 is 0. The Labute approximate surface area is 176 Å². The largest absolute Gasteiger partial charge is 0.349 e. The van der Waals surface area contributed by atoms with Gasteiger partial charge in [-0.25, -0.2) is 4.68 Å². The van der Waals surface area contributed by atoms with E-state index in [4.69, 9.17) is 5.73 Å². The zero-order valence-electron chi connectivity index (χ0n) is 16.2. The van der Waals surface area contributed by atoms with Crippen molar-refractivity contribution in [3.63, 3.8) is 0 Å². The van der Waals surface area contributed by atoms with Gasteiger partial charge in [-0.2, -0.15) is 0 Å². The van der Waals surface area contributed by atoms with Crippen molar-refractivity contribution in [1.29, 1.82) is 0 Å². The lowest BCUT2D eigenvalue weighted by Crippen LogP contribution is -2.49. The van der Waals surface area contributed by atoms with Crippen molar-refractivity contribution in [2.24, 2.45) is 5.73 Å². The lowest BCUT2D eigenvalue weighted by molar-refractivity contribution is 0.0936. The number of hydrogen-bond donors (Lipinski definition) is 2. The van der Waals surface area contributed by atoms with E-state index in [0.717, 1.165) is 29.4 Å². The fraction of sp³-hybridized carbons (Fsp3) is 0.368. The highest BCUT2D eigenvalue weighted by Crippen LogP contribution is 2.21. The van der Waals surface area contributed by atoms with Gasteiger partial charge in [-0.15, -0.1) is 29.9 Å². The van der Waals surface area contributed by atoms with Gasteiger partial charge in [0.1, 0.15) is 0 Å². The Hall–Kier alpha value is -2.22. The molecule has 28 heavy (non-hydrogen) atoms. The fourth-order valence-corrected chi connectivity index (χ4v) is 2.88. The first kappa shape index (κ1) is 23.8. The minimum absolute atomic E-state index is 0. The van der Waals surface area contributed by atoms with Crippen LogP contribution in [-0.2, 0) is 0 Å². The smallest absolute Gasteiger partial charge is 0.273 e. The number of nitrogens with zero attached hydrogens (tertiary/aromatic N) is 4. The third kappa shape index (κ3) is 4.60. The van der Waals surface area contributed by atoms with E-state index in [9.17, 15) is 4.79 Å². The van der Waals surface area contributed by atoms with E-state index in [-0.39, 0.29) is 30.7 Å². The Morgan fingerprint density at radius 2 is 1.89 bits per heavy atom. The van der Waals surface area contributed by atoms with Crippen molar-refractivity contribution in [2.75, 3.05) is 6.54 Å². The molecular weight excluding hydrogens is 399 g/mol. The third-order valence-corrected chi connectivity index (χ3v) is 4.97. The number of nitrogens with one attached hydrogen (secondary N) is 1. The van der Waals surface area contributed by atoms with Gasteiger partial charge in [-0.05, 0) is 44.0 Å². The zero-order valence-corrected chi connectivity index (χ0v) is 17.8. The summed E-state index contributed by atoms with van der Waals surface area (Å²) in [5, 5.41) is 12.1. The Morgan fingerprint density at radius 1 is 1.18 bits per heavy atom. The van der Waals surface area contributed by atoms with Gasteiger partial charge in [0, 0.05) is 23.7 Å². The van der Waals surface area contributed by atoms with Crippen molar-refractivity contribution in [2.45, 2.75) is 39.2 Å². The van der Waals surface area contributed by atoms with Gasteiger partial charge < -0.3 is 11.1 Å². The molecule has 0 fully saturated rings. The van der Waals surface area contributed by atoms with E-state index < -0.39 is 5.54 Å². The molecule has 0 aliphatic rings. The normalized spacial score (nSPS) is 10.9. The molecule has 152 valence electrons. The summed E-state index contributed by atoms with van der Waals surface area (Å²) in [7, 11) is 0. The number of fused-ring (bicyclic) bond motifs is 1. The molecule has 0 spiro atoms. The van der Waals surface area contributed by atoms with Crippen LogP contribution in [-0.4, -0.2) is 38.0 Å². The summed E-state index contributed by atoms with van der Waals surface area (Å²) in [5.74, 6) is -0.260. The maximum Gasteiger partial charge on any atom is 0.273 e. The number of pyridine rings is 1. The second kappa shape index (κ2) is 9.82. The van der Waals surface area contributed by atoms with Crippen LogP contribution in [0.3, 0.4) is 0 Å². The Kier molecular flexibility index (Phi) is 8.35. The Balaban J connectivity index is 0.00000196. The molecule has 2 aromatic heterocycles. The highest BCUT2D eigenvalue weighted by atomic mass is 35.5. The van der Waals surface area contributed by atoms with Gasteiger partial charge in [0.05, 0.1) is 16.9 Å². The van der Waals surface area contributed by atoms with E-state index in [1.807, 2.05) is 51.1 Å². The quantitative estimate of drug-likeness (QED) is 0.632. The SMILES string of the molecule is CCC(N)(CC)CNC(=O)c1nnn(-c2cccc3ncccc23)c1C.Cl.Cl. The molecule has 0 saturated carbocycles. The first-order chi connectivity index (χ1) is 12.5. The monoisotopic (exact) mass is 424 g/mol. The molecule has 0 radical (unpaired) electrons. The minimum atomic E-state index is -0.402. The molecule has 0 saturated heterocycles. The van der Waals surface area contributed by atoms with Crippen molar-refractivity contribution >= 4 is 41.6 Å². The molecule has 1 amide bonds. The van der Waals surface area contributed by atoms with Crippen LogP contribution in [0.5, 0.6) is 0 Å². The van der Waals surface area contributed by atoms with Crippen LogP contribution in [0.25, 0.3) is 16.6 Å². The summed E-state index contributed by atoms with van der Waals surface area (Å²) in [6, 6.07) is 9.64. The van der Waals surface area contributed by atoms with Gasteiger partial charge >= 0.3 is 0 Å². The van der Waals surface area contributed by atoms with Crippen LogP contribution in [0.4, 0.5) is 0 Å². The van der Waals surface area contributed by atoms with Crippen LogP contribution in [0, 0.1) is 6.92 Å². The van der Waals surface area contributed by atoms with Crippen LogP contribution in [0.1, 0.15) is 42.9 Å². The molecule has 3 N–H and O–H groups in total. The molecule has 7 nitrogen and oxygen atoms in total. The number of nitrogens with two attached hydrogens (primary N) is 1. The van der Waals surface area contributed by atoms with E-state index >= 15 is 0 Å². The van der Waals surface area contributed by atoms with Crippen LogP contribution >= 0.6 is 24.8 Å². The van der Waals surface area contributed by atoms with Gasteiger partial charge in [0.25, 0.3) is 5.91 Å². The number of amides is 1. The topological polar surface area (TPSA) is 98.7 Å². The number of halogens is 2. The molecule has 0 unspecified atom stereocenters. The predicted octanol–water partition coefficient (Wildman–Crippen LogP) is 3.21. The second-order valence-electron chi connectivity index (χ2n) is 6.53. The summed E-state index contributed by atoms with van der Waals surface area (Å²) in [4.78, 5) is 16.9. The average Bonchev–Trinajstić information content (AvgIpc) is 3.06. The predicted molar refractivity (Wildman–Crippen MR) is 116 cm³/mol. The van der Waals surface area contributed by atoms with Gasteiger partial charge in [0.2, 0.25) is 0 Å². The molecule has 2 heterocycles.